The van der Waals surface area contributed by atoms with Gasteiger partial charge in [-0.25, -0.2) is 4.79 Å². The first-order valence-electron chi connectivity index (χ1n) is 5.74. The molecule has 0 heterocycles. The van der Waals surface area contributed by atoms with Gasteiger partial charge in [0.05, 0.1) is 22.6 Å². The molecule has 6 heteroatoms. The Kier molecular flexibility index (Phi) is 4.20. The molecule has 2 aromatic carbocycles. The SMILES string of the molecule is Cc1cc(Br)c(Nc2cccc(C(=O)O)c2N)cc1Cl. The van der Waals surface area contributed by atoms with E-state index in [1.54, 1.807) is 18.2 Å². The van der Waals surface area contributed by atoms with Gasteiger partial charge in [-0.3, -0.25) is 0 Å². The van der Waals surface area contributed by atoms with Gasteiger partial charge in [-0.15, -0.1) is 0 Å². The Morgan fingerprint density at radius 1 is 1.35 bits per heavy atom. The Labute approximate surface area is 129 Å². The number of aryl methyl sites for hydroxylation is 1. The topological polar surface area (TPSA) is 75.3 Å². The lowest BCUT2D eigenvalue weighted by Gasteiger charge is -2.13. The number of carboxylic acid groups (broad SMARTS) is 1. The molecular weight excluding hydrogens is 344 g/mol. The van der Waals surface area contributed by atoms with Gasteiger partial charge in [0.15, 0.2) is 0 Å². The van der Waals surface area contributed by atoms with Gasteiger partial charge in [0, 0.05) is 9.50 Å². The molecule has 4 N–H and O–H groups in total. The summed E-state index contributed by atoms with van der Waals surface area (Å²) in [6, 6.07) is 8.43. The van der Waals surface area contributed by atoms with E-state index in [2.05, 4.69) is 21.2 Å². The van der Waals surface area contributed by atoms with Crippen molar-refractivity contribution in [1.29, 1.82) is 0 Å². The van der Waals surface area contributed by atoms with E-state index < -0.39 is 5.97 Å². The minimum Gasteiger partial charge on any atom is -0.478 e. The quantitative estimate of drug-likeness (QED) is 0.712. The van der Waals surface area contributed by atoms with Crippen LogP contribution in [-0.2, 0) is 0 Å². The maximum Gasteiger partial charge on any atom is 0.337 e. The molecule has 0 aliphatic rings. The Morgan fingerprint density at radius 3 is 2.70 bits per heavy atom. The Bertz CT molecular complexity index is 689. The van der Waals surface area contributed by atoms with Crippen LogP contribution in [0.3, 0.4) is 0 Å². The fraction of sp³-hybridized carbons (Fsp3) is 0.0714. The monoisotopic (exact) mass is 354 g/mol. The van der Waals surface area contributed by atoms with E-state index >= 15 is 0 Å². The first kappa shape index (κ1) is 14.7. The zero-order valence-corrected chi connectivity index (χ0v) is 12.9. The Balaban J connectivity index is 2.43. The number of nitrogen functional groups attached to an aromatic ring is 1. The van der Waals surface area contributed by atoms with Crippen LogP contribution in [0, 0.1) is 6.92 Å². The largest absolute Gasteiger partial charge is 0.478 e. The molecule has 0 fully saturated rings. The van der Waals surface area contributed by atoms with Crippen LogP contribution in [0.15, 0.2) is 34.8 Å². The summed E-state index contributed by atoms with van der Waals surface area (Å²) in [6.45, 7) is 1.90. The van der Waals surface area contributed by atoms with Crippen molar-refractivity contribution in [2.24, 2.45) is 0 Å². The van der Waals surface area contributed by atoms with Gasteiger partial charge in [-0.1, -0.05) is 17.7 Å². The van der Waals surface area contributed by atoms with Crippen LogP contribution in [0.2, 0.25) is 5.02 Å². The van der Waals surface area contributed by atoms with Crippen molar-refractivity contribution < 1.29 is 9.90 Å². The van der Waals surface area contributed by atoms with Gasteiger partial charge >= 0.3 is 5.97 Å². The number of hydrogen-bond donors (Lipinski definition) is 3. The molecule has 0 bridgehead atoms. The molecule has 2 aromatic rings. The van der Waals surface area contributed by atoms with Crippen LogP contribution >= 0.6 is 27.5 Å². The number of benzene rings is 2. The number of nitrogens with two attached hydrogens (primary N) is 1. The number of hydrogen-bond acceptors (Lipinski definition) is 3. The molecule has 2 rings (SSSR count). The fourth-order valence-electron chi connectivity index (χ4n) is 1.75. The summed E-state index contributed by atoms with van der Waals surface area (Å²) in [4.78, 5) is 11.1. The molecule has 0 radical (unpaired) electrons. The van der Waals surface area contributed by atoms with E-state index in [1.807, 2.05) is 13.0 Å². The van der Waals surface area contributed by atoms with Crippen molar-refractivity contribution in [1.82, 2.24) is 0 Å². The van der Waals surface area contributed by atoms with Crippen LogP contribution in [0.25, 0.3) is 0 Å². The Morgan fingerprint density at radius 2 is 2.05 bits per heavy atom. The zero-order valence-electron chi connectivity index (χ0n) is 10.6. The fourth-order valence-corrected chi connectivity index (χ4v) is 2.47. The van der Waals surface area contributed by atoms with Crippen molar-refractivity contribution >= 4 is 50.6 Å². The van der Waals surface area contributed by atoms with Gasteiger partial charge < -0.3 is 16.2 Å². The minimum absolute atomic E-state index is 0.0596. The summed E-state index contributed by atoms with van der Waals surface area (Å²) < 4.78 is 0.819. The van der Waals surface area contributed by atoms with Gasteiger partial charge in [-0.2, -0.15) is 0 Å². The lowest BCUT2D eigenvalue weighted by molar-refractivity contribution is 0.0698. The summed E-state index contributed by atoms with van der Waals surface area (Å²) in [7, 11) is 0. The summed E-state index contributed by atoms with van der Waals surface area (Å²) in [5.41, 5.74) is 8.28. The summed E-state index contributed by atoms with van der Waals surface area (Å²) in [6.07, 6.45) is 0. The Hall–Kier alpha value is -1.72. The van der Waals surface area contributed by atoms with Crippen LogP contribution in [-0.4, -0.2) is 11.1 Å². The van der Waals surface area contributed by atoms with Crippen LogP contribution < -0.4 is 11.1 Å². The number of nitrogens with one attached hydrogen (secondary N) is 1. The predicted octanol–water partition coefficient (Wildman–Crippen LogP) is 4.43. The van der Waals surface area contributed by atoms with E-state index in [0.29, 0.717) is 10.7 Å². The second-order valence-corrected chi connectivity index (χ2v) is 5.54. The van der Waals surface area contributed by atoms with E-state index in [0.717, 1.165) is 15.7 Å². The second-order valence-electron chi connectivity index (χ2n) is 4.28. The maximum atomic E-state index is 11.1. The van der Waals surface area contributed by atoms with Crippen molar-refractivity contribution in [2.45, 2.75) is 6.92 Å². The van der Waals surface area contributed by atoms with E-state index in [4.69, 9.17) is 22.4 Å². The standard InChI is InChI=1S/C14H12BrClN2O2/c1-7-5-9(15)12(6-10(7)16)18-11-4-2-3-8(13(11)17)14(19)20/h2-6,18H,17H2,1H3,(H,19,20). The van der Waals surface area contributed by atoms with Crippen LogP contribution in [0.1, 0.15) is 15.9 Å². The molecule has 0 aromatic heterocycles. The molecule has 0 saturated heterocycles. The molecule has 104 valence electrons. The van der Waals surface area contributed by atoms with Crippen molar-refractivity contribution in [2.75, 3.05) is 11.1 Å². The summed E-state index contributed by atoms with van der Waals surface area (Å²) in [5.74, 6) is -1.06. The predicted molar refractivity (Wildman–Crippen MR) is 85.0 cm³/mol. The second kappa shape index (κ2) is 5.73. The maximum absolute atomic E-state index is 11.1. The number of aromatic carboxylic acids is 1. The molecule has 0 atom stereocenters. The van der Waals surface area contributed by atoms with Crippen LogP contribution in [0.4, 0.5) is 17.1 Å². The number of carboxylic acids is 1. The van der Waals surface area contributed by atoms with E-state index in [9.17, 15) is 4.79 Å². The molecule has 0 unspecified atom stereocenters. The van der Waals surface area contributed by atoms with Gasteiger partial charge in [0.1, 0.15) is 0 Å². The summed E-state index contributed by atoms with van der Waals surface area (Å²) >= 11 is 9.52. The first-order chi connectivity index (χ1) is 9.40. The average molecular weight is 356 g/mol. The molecule has 4 nitrogen and oxygen atoms in total. The van der Waals surface area contributed by atoms with Crippen molar-refractivity contribution in [3.8, 4) is 0 Å². The smallest absolute Gasteiger partial charge is 0.337 e. The third kappa shape index (κ3) is 2.89. The van der Waals surface area contributed by atoms with Gasteiger partial charge in [0.2, 0.25) is 0 Å². The number of rotatable bonds is 3. The third-order valence-corrected chi connectivity index (χ3v) is 3.92. The lowest BCUT2D eigenvalue weighted by atomic mass is 10.1. The number of anilines is 3. The molecule has 20 heavy (non-hydrogen) atoms. The van der Waals surface area contributed by atoms with E-state index in [1.165, 1.54) is 6.07 Å². The van der Waals surface area contributed by atoms with Crippen LogP contribution in [0.5, 0.6) is 0 Å². The highest BCUT2D eigenvalue weighted by atomic mass is 79.9. The highest BCUT2D eigenvalue weighted by Crippen LogP contribution is 2.33. The molecule has 0 aliphatic carbocycles. The normalized spacial score (nSPS) is 10.3. The molecule has 0 saturated carbocycles. The lowest BCUT2D eigenvalue weighted by Crippen LogP contribution is -2.05. The van der Waals surface area contributed by atoms with Gasteiger partial charge in [0.25, 0.3) is 0 Å². The third-order valence-electron chi connectivity index (χ3n) is 2.85. The molecule has 0 spiro atoms. The first-order valence-corrected chi connectivity index (χ1v) is 6.91. The van der Waals surface area contributed by atoms with Crippen molar-refractivity contribution in [3.63, 3.8) is 0 Å². The van der Waals surface area contributed by atoms with E-state index in [-0.39, 0.29) is 11.3 Å². The zero-order chi connectivity index (χ0) is 14.9. The van der Waals surface area contributed by atoms with Crippen molar-refractivity contribution in [3.05, 3.63) is 51.0 Å². The molecule has 0 amide bonds. The van der Waals surface area contributed by atoms with Gasteiger partial charge in [-0.05, 0) is 52.7 Å². The molecular formula is C14H12BrClN2O2. The number of carbonyl (C=O) groups is 1. The average Bonchev–Trinajstić information content (AvgIpc) is 2.37. The number of halogens is 2. The highest BCUT2D eigenvalue weighted by molar-refractivity contribution is 9.10. The summed E-state index contributed by atoms with van der Waals surface area (Å²) in [5, 5.41) is 12.8. The molecule has 0 aliphatic heterocycles. The number of para-hydroxylation sites is 1. The minimum atomic E-state index is -1.06. The highest BCUT2D eigenvalue weighted by Gasteiger charge is 2.12.